The molecule has 0 aliphatic rings. The maximum absolute atomic E-state index is 9.81. The quantitative estimate of drug-likeness (QED) is 0.615. The minimum Gasteiger partial charge on any atom is -0.491 e. The predicted octanol–water partition coefficient (Wildman–Crippen LogP) is 4.75. The topological polar surface area (TPSA) is 38.7 Å². The molecule has 0 spiro atoms. The van der Waals surface area contributed by atoms with Crippen LogP contribution in [0, 0.1) is 0 Å². The van der Waals surface area contributed by atoms with E-state index in [9.17, 15) is 4.89 Å². The van der Waals surface area contributed by atoms with Gasteiger partial charge in [-0.2, -0.15) is 0 Å². The van der Waals surface area contributed by atoms with Gasteiger partial charge in [0.25, 0.3) is 0 Å². The molecule has 0 heterocycles. The molecule has 18 heavy (non-hydrogen) atoms. The van der Waals surface area contributed by atoms with Crippen molar-refractivity contribution in [1.29, 1.82) is 0 Å². The van der Waals surface area contributed by atoms with Crippen LogP contribution in [0.4, 0.5) is 0 Å². The molecule has 0 aliphatic heterocycles. The molecule has 0 saturated carbocycles. The molecule has 1 aromatic carbocycles. The van der Waals surface area contributed by atoms with Crippen molar-refractivity contribution in [3.8, 4) is 11.5 Å². The summed E-state index contributed by atoms with van der Waals surface area (Å²) in [5.74, 6) is 0.414. The van der Waals surface area contributed by atoms with E-state index in [1.54, 1.807) is 13.8 Å². The summed E-state index contributed by atoms with van der Waals surface area (Å²) in [6.07, 6.45) is 0.322. The van der Waals surface area contributed by atoms with E-state index in [0.717, 1.165) is 0 Å². The smallest absolute Gasteiger partial charge is 0.235 e. The van der Waals surface area contributed by atoms with Crippen LogP contribution in [-0.2, 0) is 11.8 Å². The van der Waals surface area contributed by atoms with Gasteiger partial charge in [-0.15, -0.1) is 0 Å². The van der Waals surface area contributed by atoms with Gasteiger partial charge in [0.15, 0.2) is 11.5 Å². The van der Waals surface area contributed by atoms with E-state index in [1.807, 2.05) is 0 Å². The average Bonchev–Trinajstić information content (AvgIpc) is 2.31. The maximum Gasteiger partial charge on any atom is 0.235 e. The largest absolute Gasteiger partial charge is 0.491 e. The van der Waals surface area contributed by atoms with Crippen molar-refractivity contribution >= 4 is 53.1 Å². The summed E-state index contributed by atoms with van der Waals surface area (Å²) in [6, 6.07) is 1.42. The van der Waals surface area contributed by atoms with Gasteiger partial charge in [-0.1, -0.05) is 41.7 Å². The zero-order valence-corrected chi connectivity index (χ0v) is 13.7. The highest BCUT2D eigenvalue weighted by Crippen LogP contribution is 2.50. The summed E-state index contributed by atoms with van der Waals surface area (Å²) in [5.41, 5.74) is 0. The van der Waals surface area contributed by atoms with E-state index in [2.05, 4.69) is 0 Å². The first kappa shape index (κ1) is 16.4. The third kappa shape index (κ3) is 3.89. The molecule has 0 bridgehead atoms. The molecule has 0 amide bonds. The molecule has 1 unspecified atom stereocenters. The van der Waals surface area contributed by atoms with E-state index in [4.69, 9.17) is 55.9 Å². The molecular weight excluding hydrogens is 338 g/mol. The Bertz CT molecular complexity index is 496. The minimum atomic E-state index is -2.90. The second-order valence-electron chi connectivity index (χ2n) is 3.29. The normalized spacial score (nSPS) is 14.1. The van der Waals surface area contributed by atoms with Gasteiger partial charge in [-0.05, 0) is 18.7 Å². The van der Waals surface area contributed by atoms with Crippen LogP contribution >= 0.6 is 41.3 Å². The van der Waals surface area contributed by atoms with E-state index in [0.29, 0.717) is 12.8 Å². The third-order valence-electron chi connectivity index (χ3n) is 2.01. The number of ether oxygens (including phenoxy) is 1. The Morgan fingerprint density at radius 3 is 2.39 bits per heavy atom. The number of halogens is 3. The first-order valence-electron chi connectivity index (χ1n) is 5.14. The van der Waals surface area contributed by atoms with Crippen LogP contribution in [0.2, 0.25) is 15.1 Å². The molecule has 1 aromatic rings. The highest BCUT2D eigenvalue weighted by atomic mass is 35.5. The predicted molar refractivity (Wildman–Crippen MR) is 80.3 cm³/mol. The van der Waals surface area contributed by atoms with Gasteiger partial charge in [0.1, 0.15) is 10.0 Å². The maximum atomic E-state index is 9.81. The lowest BCUT2D eigenvalue weighted by Gasteiger charge is -2.18. The van der Waals surface area contributed by atoms with Crippen molar-refractivity contribution in [2.75, 3.05) is 12.8 Å². The summed E-state index contributed by atoms with van der Waals surface area (Å²) in [5, 5.41) is 0.590. The van der Waals surface area contributed by atoms with Gasteiger partial charge in [-0.25, -0.2) is 0 Å². The summed E-state index contributed by atoms with van der Waals surface area (Å²) >= 11 is 23.0. The highest BCUT2D eigenvalue weighted by Gasteiger charge is 2.21. The zero-order valence-electron chi connectivity index (χ0n) is 9.74. The lowest BCUT2D eigenvalue weighted by molar-refractivity contribution is 0.339. The third-order valence-corrected chi connectivity index (χ3v) is 5.42. The molecule has 0 aliphatic carbocycles. The van der Waals surface area contributed by atoms with Crippen molar-refractivity contribution in [3.05, 3.63) is 21.1 Å². The van der Waals surface area contributed by atoms with Crippen LogP contribution in [0.5, 0.6) is 11.5 Å². The Balaban J connectivity index is 3.26. The van der Waals surface area contributed by atoms with E-state index in [-0.39, 0.29) is 26.6 Å². The van der Waals surface area contributed by atoms with Gasteiger partial charge >= 0.3 is 0 Å². The fourth-order valence-electron chi connectivity index (χ4n) is 1.11. The lowest BCUT2D eigenvalue weighted by Crippen LogP contribution is -1.98. The molecule has 1 atom stereocenters. The number of rotatable bonds is 5. The summed E-state index contributed by atoms with van der Waals surface area (Å²) in [4.78, 5) is 9.81. The van der Waals surface area contributed by atoms with E-state index < -0.39 is 6.49 Å². The average molecular weight is 350 g/mol. The first-order chi connectivity index (χ1) is 8.32. The first-order valence-corrected chi connectivity index (χ1v) is 9.13. The summed E-state index contributed by atoms with van der Waals surface area (Å²) < 4.78 is 10.6. The molecule has 102 valence electrons. The Hall–Kier alpha value is 0.300. The molecule has 0 saturated heterocycles. The number of hydrogen-bond acceptors (Lipinski definition) is 3. The fourth-order valence-corrected chi connectivity index (χ4v) is 2.67. The molecule has 0 aromatic heterocycles. The molecule has 1 rings (SSSR count). The lowest BCUT2D eigenvalue weighted by atomic mass is 10.3. The van der Waals surface area contributed by atoms with Gasteiger partial charge in [-0.3, -0.25) is 0 Å². The Kier molecular flexibility index (Phi) is 6.04. The van der Waals surface area contributed by atoms with Crippen molar-refractivity contribution < 1.29 is 14.2 Å². The van der Waals surface area contributed by atoms with E-state index in [1.165, 1.54) is 6.07 Å². The van der Waals surface area contributed by atoms with Crippen molar-refractivity contribution in [1.82, 2.24) is 0 Å². The summed E-state index contributed by atoms with van der Waals surface area (Å²) in [6.45, 7) is 0.991. The molecular formula is C10H12Cl3O3PS. The van der Waals surface area contributed by atoms with Crippen molar-refractivity contribution in [3.63, 3.8) is 0 Å². The van der Waals surface area contributed by atoms with Crippen molar-refractivity contribution in [2.24, 2.45) is 0 Å². The molecule has 8 heteroatoms. The van der Waals surface area contributed by atoms with Gasteiger partial charge in [0.2, 0.25) is 6.49 Å². The minimum absolute atomic E-state index is 0.156. The van der Waals surface area contributed by atoms with Gasteiger partial charge in [0, 0.05) is 12.2 Å². The SMILES string of the molecule is CCOc1c(Cl)c(Cl)cc(OP(O)(=S)CC)c1Cl. The van der Waals surface area contributed by atoms with Crippen LogP contribution in [0.25, 0.3) is 0 Å². The molecule has 0 radical (unpaired) electrons. The Morgan fingerprint density at radius 1 is 1.28 bits per heavy atom. The molecule has 1 N–H and O–H groups in total. The monoisotopic (exact) mass is 348 g/mol. The number of benzene rings is 1. The van der Waals surface area contributed by atoms with Crippen LogP contribution in [0.1, 0.15) is 13.8 Å². The highest BCUT2D eigenvalue weighted by molar-refractivity contribution is 8.09. The second-order valence-corrected chi connectivity index (χ2v) is 8.26. The standard InChI is InChI=1S/C10H12Cl3O3PS/c1-3-15-10-8(12)6(11)5-7(9(10)13)16-17(14,18)4-2/h5H,3-4H2,1-2H3,(H,14,18). The van der Waals surface area contributed by atoms with Crippen LogP contribution < -0.4 is 9.26 Å². The second kappa shape index (κ2) is 6.65. The Labute approximate surface area is 126 Å². The van der Waals surface area contributed by atoms with Crippen LogP contribution in [0.15, 0.2) is 6.07 Å². The molecule has 0 fully saturated rings. The number of hydrogen-bond donors (Lipinski definition) is 1. The zero-order chi connectivity index (χ0) is 13.9. The van der Waals surface area contributed by atoms with Gasteiger partial charge < -0.3 is 14.2 Å². The Morgan fingerprint density at radius 2 is 1.89 bits per heavy atom. The van der Waals surface area contributed by atoms with E-state index >= 15 is 0 Å². The summed E-state index contributed by atoms with van der Waals surface area (Å²) in [7, 11) is 0. The van der Waals surface area contributed by atoms with Crippen LogP contribution in [0.3, 0.4) is 0 Å². The van der Waals surface area contributed by atoms with Crippen LogP contribution in [-0.4, -0.2) is 17.7 Å². The van der Waals surface area contributed by atoms with Gasteiger partial charge in [0.05, 0.1) is 11.6 Å². The fraction of sp³-hybridized carbons (Fsp3) is 0.400. The molecule has 3 nitrogen and oxygen atoms in total. The van der Waals surface area contributed by atoms with Crippen molar-refractivity contribution in [2.45, 2.75) is 13.8 Å².